The minimum atomic E-state index is -1.52. The fourth-order valence-corrected chi connectivity index (χ4v) is 1.58. The lowest BCUT2D eigenvalue weighted by atomic mass is 10.2. The lowest BCUT2D eigenvalue weighted by Crippen LogP contribution is -1.96. The largest absolute Gasteiger partial charge is 0.233 e. The monoisotopic (exact) mass is 258 g/mol. The molecule has 0 atom stereocenters. The van der Waals surface area contributed by atoms with Crippen molar-refractivity contribution in [3.05, 3.63) is 46.5 Å². The van der Waals surface area contributed by atoms with Crippen LogP contribution in [-0.4, -0.2) is 9.97 Å². The van der Waals surface area contributed by atoms with Crippen LogP contribution in [0.15, 0.2) is 18.2 Å². The maximum absolute atomic E-state index is 13.0. The van der Waals surface area contributed by atoms with Crippen molar-refractivity contribution >= 4 is 11.6 Å². The maximum Gasteiger partial charge on any atom is 0.194 e. The molecule has 0 unspecified atom stereocenters. The molecule has 0 radical (unpaired) electrons. The number of aryl methyl sites for hydroxylation is 1. The second-order valence-electron chi connectivity index (χ2n) is 3.41. The first-order chi connectivity index (χ1) is 7.97. The van der Waals surface area contributed by atoms with Gasteiger partial charge in [0.15, 0.2) is 23.3 Å². The first kappa shape index (κ1) is 11.9. The Morgan fingerprint density at radius 2 is 1.59 bits per heavy atom. The number of benzene rings is 1. The van der Waals surface area contributed by atoms with Gasteiger partial charge in [-0.25, -0.2) is 23.1 Å². The molecule has 1 aromatic heterocycles. The topological polar surface area (TPSA) is 25.8 Å². The second-order valence-corrected chi connectivity index (χ2v) is 3.80. The van der Waals surface area contributed by atoms with E-state index in [1.165, 1.54) is 6.07 Å². The summed E-state index contributed by atoms with van der Waals surface area (Å²) in [5, 5.41) is 0.151. The number of aromatic nitrogens is 2. The highest BCUT2D eigenvalue weighted by Crippen LogP contribution is 2.22. The fraction of sp³-hybridized carbons (Fsp3) is 0.0909. The van der Waals surface area contributed by atoms with Crippen molar-refractivity contribution in [3.8, 4) is 11.4 Å². The summed E-state index contributed by atoms with van der Waals surface area (Å²) >= 11 is 5.70. The Hall–Kier alpha value is -1.62. The van der Waals surface area contributed by atoms with Crippen molar-refractivity contribution < 1.29 is 13.2 Å². The Balaban J connectivity index is 2.60. The predicted octanol–water partition coefficient (Wildman–Crippen LogP) is 3.52. The van der Waals surface area contributed by atoms with Crippen LogP contribution in [0, 0.1) is 24.4 Å². The summed E-state index contributed by atoms with van der Waals surface area (Å²) in [6.45, 7) is 1.66. The molecule has 0 saturated carbocycles. The molecular formula is C11H6ClF3N2. The smallest absolute Gasteiger partial charge is 0.194 e. The van der Waals surface area contributed by atoms with E-state index in [0.29, 0.717) is 5.69 Å². The molecule has 2 nitrogen and oxygen atoms in total. The molecule has 0 bridgehead atoms. The highest BCUT2D eigenvalue weighted by atomic mass is 35.5. The van der Waals surface area contributed by atoms with E-state index in [1.807, 2.05) is 0 Å². The molecular weight excluding hydrogens is 253 g/mol. The quantitative estimate of drug-likeness (QED) is 0.578. The van der Waals surface area contributed by atoms with Crippen LogP contribution < -0.4 is 0 Å². The zero-order valence-corrected chi connectivity index (χ0v) is 9.39. The summed E-state index contributed by atoms with van der Waals surface area (Å²) < 4.78 is 38.8. The first-order valence-electron chi connectivity index (χ1n) is 4.63. The zero-order valence-electron chi connectivity index (χ0n) is 8.64. The number of rotatable bonds is 1. The van der Waals surface area contributed by atoms with Gasteiger partial charge < -0.3 is 0 Å². The van der Waals surface area contributed by atoms with Crippen LogP contribution in [0.1, 0.15) is 5.69 Å². The molecule has 0 aliphatic heterocycles. The van der Waals surface area contributed by atoms with E-state index in [4.69, 9.17) is 11.6 Å². The van der Waals surface area contributed by atoms with Gasteiger partial charge in [-0.1, -0.05) is 11.6 Å². The van der Waals surface area contributed by atoms with Crippen LogP contribution in [0.25, 0.3) is 11.4 Å². The number of hydrogen-bond acceptors (Lipinski definition) is 2. The predicted molar refractivity (Wildman–Crippen MR) is 57.1 cm³/mol. The molecule has 2 rings (SSSR count). The minimum Gasteiger partial charge on any atom is -0.233 e. The van der Waals surface area contributed by atoms with Gasteiger partial charge in [0.25, 0.3) is 0 Å². The third-order valence-corrected chi connectivity index (χ3v) is 2.26. The van der Waals surface area contributed by atoms with Crippen molar-refractivity contribution in [1.29, 1.82) is 0 Å². The van der Waals surface area contributed by atoms with Gasteiger partial charge in [0.1, 0.15) is 5.15 Å². The molecule has 2 aromatic rings. The molecule has 0 saturated heterocycles. The van der Waals surface area contributed by atoms with Gasteiger partial charge in [0, 0.05) is 11.3 Å². The average Bonchev–Trinajstić information content (AvgIpc) is 2.23. The molecule has 88 valence electrons. The second kappa shape index (κ2) is 4.33. The zero-order chi connectivity index (χ0) is 12.6. The van der Waals surface area contributed by atoms with Crippen LogP contribution in [-0.2, 0) is 0 Å². The summed E-state index contributed by atoms with van der Waals surface area (Å²) in [6, 6.07) is 3.15. The van der Waals surface area contributed by atoms with E-state index < -0.39 is 17.5 Å². The molecule has 0 aliphatic rings. The normalized spacial score (nSPS) is 10.6. The summed E-state index contributed by atoms with van der Waals surface area (Å²) in [5.74, 6) is -4.05. The minimum absolute atomic E-state index is 0.0343. The van der Waals surface area contributed by atoms with Crippen molar-refractivity contribution in [3.63, 3.8) is 0 Å². The lowest BCUT2D eigenvalue weighted by molar-refractivity contribution is 0.447. The molecule has 0 aliphatic carbocycles. The van der Waals surface area contributed by atoms with Gasteiger partial charge in [0.2, 0.25) is 0 Å². The van der Waals surface area contributed by atoms with Gasteiger partial charge in [0.05, 0.1) is 0 Å². The van der Waals surface area contributed by atoms with Crippen molar-refractivity contribution in [1.82, 2.24) is 9.97 Å². The third-order valence-electron chi connectivity index (χ3n) is 2.06. The average molecular weight is 259 g/mol. The highest BCUT2D eigenvalue weighted by Gasteiger charge is 2.13. The number of halogens is 4. The van der Waals surface area contributed by atoms with Gasteiger partial charge in [-0.15, -0.1) is 0 Å². The van der Waals surface area contributed by atoms with E-state index in [9.17, 15) is 13.2 Å². The van der Waals surface area contributed by atoms with Crippen LogP contribution in [0.2, 0.25) is 5.15 Å². The molecule has 1 aromatic carbocycles. The first-order valence-corrected chi connectivity index (χ1v) is 5.01. The third kappa shape index (κ3) is 2.39. The van der Waals surface area contributed by atoms with E-state index in [1.54, 1.807) is 6.92 Å². The van der Waals surface area contributed by atoms with Gasteiger partial charge in [-0.2, -0.15) is 0 Å². The van der Waals surface area contributed by atoms with Crippen LogP contribution in [0.3, 0.4) is 0 Å². The maximum atomic E-state index is 13.0. The lowest BCUT2D eigenvalue weighted by Gasteiger charge is -2.03. The molecule has 1 heterocycles. The van der Waals surface area contributed by atoms with Crippen molar-refractivity contribution in [2.75, 3.05) is 0 Å². The van der Waals surface area contributed by atoms with E-state index in [-0.39, 0.29) is 16.5 Å². The highest BCUT2D eigenvalue weighted by molar-refractivity contribution is 6.29. The number of nitrogens with zero attached hydrogens (tertiary/aromatic N) is 2. The summed E-state index contributed by atoms with van der Waals surface area (Å²) in [4.78, 5) is 7.78. The summed E-state index contributed by atoms with van der Waals surface area (Å²) in [7, 11) is 0. The molecule has 0 fully saturated rings. The molecule has 6 heteroatoms. The van der Waals surface area contributed by atoms with Crippen molar-refractivity contribution in [2.45, 2.75) is 6.92 Å². The van der Waals surface area contributed by atoms with E-state index in [0.717, 1.165) is 12.1 Å². The Labute approximate surface area is 100 Å². The van der Waals surface area contributed by atoms with Crippen LogP contribution in [0.5, 0.6) is 0 Å². The van der Waals surface area contributed by atoms with Crippen molar-refractivity contribution in [2.24, 2.45) is 0 Å². The summed E-state index contributed by atoms with van der Waals surface area (Å²) in [6.07, 6.45) is 0. The van der Waals surface area contributed by atoms with Gasteiger partial charge in [-0.05, 0) is 25.1 Å². The van der Waals surface area contributed by atoms with E-state index >= 15 is 0 Å². The van der Waals surface area contributed by atoms with Gasteiger partial charge >= 0.3 is 0 Å². The Kier molecular flexibility index (Phi) is 3.02. The standard InChI is InChI=1S/C11H6ClF3N2/c1-5-2-9(12)17-11(16-5)6-3-7(13)10(15)8(14)4-6/h2-4H,1H3. The molecule has 0 spiro atoms. The summed E-state index contributed by atoms with van der Waals surface area (Å²) in [5.41, 5.74) is 0.581. The Morgan fingerprint density at radius 3 is 2.12 bits per heavy atom. The SMILES string of the molecule is Cc1cc(Cl)nc(-c2cc(F)c(F)c(F)c2)n1. The molecule has 17 heavy (non-hydrogen) atoms. The van der Waals surface area contributed by atoms with Crippen LogP contribution in [0.4, 0.5) is 13.2 Å². The van der Waals surface area contributed by atoms with Crippen LogP contribution >= 0.6 is 11.6 Å². The molecule has 0 amide bonds. The van der Waals surface area contributed by atoms with Gasteiger partial charge in [-0.3, -0.25) is 0 Å². The Morgan fingerprint density at radius 1 is 1.00 bits per heavy atom. The van der Waals surface area contributed by atoms with E-state index in [2.05, 4.69) is 9.97 Å². The Bertz CT molecular complexity index is 544. The molecule has 0 N–H and O–H groups in total. The fourth-order valence-electron chi connectivity index (χ4n) is 1.34. The number of hydrogen-bond donors (Lipinski definition) is 0.